The van der Waals surface area contributed by atoms with Crippen LogP contribution in [0.25, 0.3) is 17.1 Å². The van der Waals surface area contributed by atoms with E-state index in [4.69, 9.17) is 5.11 Å². The van der Waals surface area contributed by atoms with Crippen molar-refractivity contribution in [3.05, 3.63) is 65.5 Å². The predicted molar refractivity (Wildman–Crippen MR) is 87.4 cm³/mol. The Hall–Kier alpha value is -3.29. The average Bonchev–Trinajstić information content (AvgIpc) is 2.95. The second-order valence-corrected chi connectivity index (χ2v) is 5.58. The van der Waals surface area contributed by atoms with Gasteiger partial charge in [-0.2, -0.15) is 13.2 Å². The van der Waals surface area contributed by atoms with Crippen molar-refractivity contribution in [3.63, 3.8) is 0 Å². The normalized spacial score (nSPS) is 11.5. The summed E-state index contributed by atoms with van der Waals surface area (Å²) in [4.78, 5) is 15.1. The van der Waals surface area contributed by atoms with Crippen LogP contribution < -0.4 is 0 Å². The van der Waals surface area contributed by atoms with Crippen LogP contribution in [0.1, 0.15) is 21.7 Å². The van der Waals surface area contributed by atoms with Gasteiger partial charge in [-0.1, -0.05) is 12.1 Å². The second-order valence-electron chi connectivity index (χ2n) is 5.58. The van der Waals surface area contributed by atoms with E-state index >= 15 is 0 Å². The number of carboxylic acid groups (broad SMARTS) is 1. The quantitative estimate of drug-likeness (QED) is 0.730. The zero-order valence-electron chi connectivity index (χ0n) is 13.4. The molecule has 0 aliphatic heterocycles. The molecule has 0 amide bonds. The van der Waals surface area contributed by atoms with E-state index in [-0.39, 0.29) is 17.2 Å². The molecule has 26 heavy (non-hydrogen) atoms. The van der Waals surface area contributed by atoms with Crippen LogP contribution in [0.3, 0.4) is 0 Å². The molecule has 5 nitrogen and oxygen atoms in total. The van der Waals surface area contributed by atoms with Crippen molar-refractivity contribution >= 4 is 5.97 Å². The van der Waals surface area contributed by atoms with Crippen LogP contribution in [-0.2, 0) is 6.18 Å². The molecule has 2 N–H and O–H groups in total. The topological polar surface area (TPSA) is 75.4 Å². The molecule has 3 aromatic rings. The van der Waals surface area contributed by atoms with Crippen molar-refractivity contribution in [2.45, 2.75) is 13.1 Å². The highest BCUT2D eigenvalue weighted by Gasteiger charge is 2.36. The van der Waals surface area contributed by atoms with E-state index in [2.05, 4.69) is 4.98 Å². The van der Waals surface area contributed by atoms with Gasteiger partial charge in [0.05, 0.1) is 16.8 Å². The van der Waals surface area contributed by atoms with Gasteiger partial charge in [-0.25, -0.2) is 9.78 Å². The molecule has 3 rings (SSSR count). The molecular formula is C18H13F3N2O3. The van der Waals surface area contributed by atoms with Crippen molar-refractivity contribution in [2.75, 3.05) is 0 Å². The predicted octanol–water partition coefficient (Wildman–Crippen LogP) is 4.27. The Morgan fingerprint density at radius 3 is 2.42 bits per heavy atom. The first-order chi connectivity index (χ1) is 12.2. The molecular weight excluding hydrogens is 349 g/mol. The third-order valence-electron chi connectivity index (χ3n) is 3.86. The van der Waals surface area contributed by atoms with Gasteiger partial charge in [0, 0.05) is 5.69 Å². The van der Waals surface area contributed by atoms with E-state index in [1.165, 1.54) is 34.9 Å². The molecule has 0 saturated carbocycles. The van der Waals surface area contributed by atoms with Gasteiger partial charge in [0.15, 0.2) is 5.69 Å². The first-order valence-electron chi connectivity index (χ1n) is 7.49. The van der Waals surface area contributed by atoms with Gasteiger partial charge < -0.3 is 10.2 Å². The van der Waals surface area contributed by atoms with Crippen LogP contribution >= 0.6 is 0 Å². The lowest BCUT2D eigenvalue weighted by Gasteiger charge is -2.17. The van der Waals surface area contributed by atoms with Gasteiger partial charge in [-0.05, 0) is 43.3 Å². The Balaban J connectivity index is 2.29. The van der Waals surface area contributed by atoms with Crippen molar-refractivity contribution < 1.29 is 28.2 Å². The summed E-state index contributed by atoms with van der Waals surface area (Å²) in [5.41, 5.74) is -1.04. The van der Waals surface area contributed by atoms with Gasteiger partial charge in [0.1, 0.15) is 11.6 Å². The molecule has 0 aliphatic carbocycles. The molecule has 0 saturated heterocycles. The number of alkyl halides is 3. The minimum atomic E-state index is -4.67. The largest absolute Gasteiger partial charge is 0.507 e. The van der Waals surface area contributed by atoms with Gasteiger partial charge in [-0.15, -0.1) is 0 Å². The van der Waals surface area contributed by atoms with Crippen molar-refractivity contribution in [2.24, 2.45) is 0 Å². The van der Waals surface area contributed by atoms with Gasteiger partial charge in [0.25, 0.3) is 0 Å². The number of halogens is 3. The van der Waals surface area contributed by atoms with Crippen molar-refractivity contribution in [1.29, 1.82) is 0 Å². The van der Waals surface area contributed by atoms with Crippen molar-refractivity contribution in [3.8, 4) is 22.8 Å². The zero-order valence-corrected chi connectivity index (χ0v) is 13.4. The van der Waals surface area contributed by atoms with Crippen LogP contribution in [0.5, 0.6) is 5.75 Å². The molecule has 0 aliphatic rings. The summed E-state index contributed by atoms with van der Waals surface area (Å²) >= 11 is 0. The van der Waals surface area contributed by atoms with E-state index < -0.39 is 29.0 Å². The summed E-state index contributed by atoms with van der Waals surface area (Å²) in [6.07, 6.45) is -4.67. The Kier molecular flexibility index (Phi) is 4.19. The van der Waals surface area contributed by atoms with Crippen LogP contribution in [0.2, 0.25) is 0 Å². The van der Waals surface area contributed by atoms with Crippen molar-refractivity contribution in [1.82, 2.24) is 9.55 Å². The fourth-order valence-electron chi connectivity index (χ4n) is 2.75. The molecule has 2 aromatic heterocycles. The van der Waals surface area contributed by atoms with E-state index in [0.29, 0.717) is 5.69 Å². The maximum atomic E-state index is 13.4. The summed E-state index contributed by atoms with van der Waals surface area (Å²) < 4.78 is 41.6. The number of aryl methyl sites for hydroxylation is 1. The number of aromatic hydroxyl groups is 1. The van der Waals surface area contributed by atoms with Crippen LogP contribution in [0.15, 0.2) is 48.5 Å². The van der Waals surface area contributed by atoms with E-state index in [0.717, 1.165) is 12.1 Å². The number of phenols is 1. The number of aromatic nitrogens is 2. The van der Waals surface area contributed by atoms with E-state index in [9.17, 15) is 23.1 Å². The molecule has 1 aromatic carbocycles. The van der Waals surface area contributed by atoms with Crippen LogP contribution in [0.4, 0.5) is 13.2 Å². The Morgan fingerprint density at radius 2 is 1.77 bits per heavy atom. The fourth-order valence-corrected chi connectivity index (χ4v) is 2.75. The lowest BCUT2D eigenvalue weighted by Crippen LogP contribution is -2.10. The third-order valence-corrected chi connectivity index (χ3v) is 3.86. The van der Waals surface area contributed by atoms with E-state index in [1.54, 1.807) is 13.0 Å². The van der Waals surface area contributed by atoms with Crippen LogP contribution in [-0.4, -0.2) is 25.7 Å². The molecule has 8 heteroatoms. The number of carboxylic acids is 1. The lowest BCUT2D eigenvalue weighted by molar-refractivity contribution is -0.137. The molecule has 0 unspecified atom stereocenters. The van der Waals surface area contributed by atoms with Crippen LogP contribution in [0, 0.1) is 6.92 Å². The highest BCUT2D eigenvalue weighted by Crippen LogP contribution is 2.42. The molecule has 2 heterocycles. The maximum Gasteiger partial charge on any atom is 0.417 e. The highest BCUT2D eigenvalue weighted by molar-refractivity contribution is 5.85. The van der Waals surface area contributed by atoms with E-state index in [1.807, 2.05) is 0 Å². The Morgan fingerprint density at radius 1 is 1.08 bits per heavy atom. The number of phenolic OH excluding ortho intramolecular Hbond substituents is 1. The summed E-state index contributed by atoms with van der Waals surface area (Å²) in [6.45, 7) is 1.64. The number of nitrogens with zero attached hydrogens (tertiary/aromatic N) is 2. The molecule has 134 valence electrons. The Labute approximate surface area is 146 Å². The number of hydrogen-bond acceptors (Lipinski definition) is 3. The highest BCUT2D eigenvalue weighted by atomic mass is 19.4. The third kappa shape index (κ3) is 3.01. The second kappa shape index (κ2) is 6.21. The zero-order chi connectivity index (χ0) is 19.1. The number of carbonyl (C=O) groups is 1. The molecule has 0 spiro atoms. The summed E-state index contributed by atoms with van der Waals surface area (Å²) in [6, 6.07) is 10.4. The number of hydrogen-bond donors (Lipinski definition) is 2. The average molecular weight is 362 g/mol. The maximum absolute atomic E-state index is 13.4. The van der Waals surface area contributed by atoms with Gasteiger partial charge in [-0.3, -0.25) is 4.57 Å². The summed E-state index contributed by atoms with van der Waals surface area (Å²) in [5.74, 6) is -1.65. The van der Waals surface area contributed by atoms with Gasteiger partial charge in [0.2, 0.25) is 0 Å². The Bertz CT molecular complexity index is 994. The number of pyridine rings is 1. The fraction of sp³-hybridized carbons (Fsp3) is 0.111. The SMILES string of the molecule is Cc1ccc(-c2c(O)cccc2C(F)(F)F)n1-c1cccc(C(=O)O)n1. The summed E-state index contributed by atoms with van der Waals surface area (Å²) in [7, 11) is 0. The first kappa shape index (κ1) is 17.5. The smallest absolute Gasteiger partial charge is 0.417 e. The standard InChI is InChI=1S/C18H13F3N2O3/c1-10-8-9-13(16-11(18(19,20)21)4-2-6-14(16)24)23(10)15-7-3-5-12(22-15)17(25)26/h2-9,24H,1H3,(H,25,26). The molecule has 0 fully saturated rings. The molecule has 0 bridgehead atoms. The minimum Gasteiger partial charge on any atom is -0.507 e. The molecule has 0 radical (unpaired) electrons. The number of benzene rings is 1. The molecule has 0 atom stereocenters. The minimum absolute atomic E-state index is 0.0583. The number of aromatic carboxylic acids is 1. The summed E-state index contributed by atoms with van der Waals surface area (Å²) in [5, 5.41) is 19.2. The monoisotopic (exact) mass is 362 g/mol. The lowest BCUT2D eigenvalue weighted by atomic mass is 10.0. The number of rotatable bonds is 3. The van der Waals surface area contributed by atoms with Gasteiger partial charge >= 0.3 is 12.1 Å². The first-order valence-corrected chi connectivity index (χ1v) is 7.49.